The molecule has 2 atom stereocenters. The van der Waals surface area contributed by atoms with Gasteiger partial charge < -0.3 is 19.6 Å². The van der Waals surface area contributed by atoms with Crippen LogP contribution in [0.15, 0.2) is 92.1 Å². The van der Waals surface area contributed by atoms with E-state index in [1.54, 1.807) is 59.3 Å². The third kappa shape index (κ3) is 6.40. The molecular weight excluding hydrogens is 591 g/mol. The number of sulfonamides is 1. The molecule has 0 saturated heterocycles. The van der Waals surface area contributed by atoms with Crippen molar-refractivity contribution < 1.29 is 26.1 Å². The Morgan fingerprint density at radius 3 is 2.40 bits per heavy atom. The second-order valence-electron chi connectivity index (χ2n) is 9.15. The molecule has 2 aromatic carbocycles. The SMILES string of the molecule is C[C@H](Cc1c[nH]c2c(OS(=O)(=O)c3cccs3)cccc12)NC[C@H](O)c1cccc(NS(=O)(=O)c2cccs2)c1. The summed E-state index contributed by atoms with van der Waals surface area (Å²) in [5.41, 5.74) is 2.50. The van der Waals surface area contributed by atoms with Gasteiger partial charge in [-0.25, -0.2) is 8.42 Å². The van der Waals surface area contributed by atoms with Crippen LogP contribution in [0.3, 0.4) is 0 Å². The first-order valence-electron chi connectivity index (χ1n) is 12.3. The standard InChI is InChI=1S/C27H27N3O6S4/c1-18(28-17-23(31)19-6-2-7-21(15-19)30-39(32,33)25-10-4-12-37-25)14-20-16-29-27-22(20)8-3-9-24(27)36-40(34,35)26-11-5-13-38-26/h2-13,15-16,18,23,28-31H,14,17H2,1H3/t18-,23+/m1/s1. The highest BCUT2D eigenvalue weighted by atomic mass is 32.3. The minimum Gasteiger partial charge on any atom is -0.387 e. The summed E-state index contributed by atoms with van der Waals surface area (Å²) in [4.78, 5) is 3.14. The van der Waals surface area contributed by atoms with Crippen LogP contribution in [0.4, 0.5) is 5.69 Å². The Balaban J connectivity index is 1.21. The Labute approximate surface area is 240 Å². The van der Waals surface area contributed by atoms with Gasteiger partial charge in [-0.1, -0.05) is 36.4 Å². The van der Waals surface area contributed by atoms with Gasteiger partial charge in [-0.05, 0) is 65.6 Å². The summed E-state index contributed by atoms with van der Waals surface area (Å²) < 4.78 is 58.6. The molecule has 4 N–H and O–H groups in total. The van der Waals surface area contributed by atoms with E-state index in [0.29, 0.717) is 23.2 Å². The molecule has 0 spiro atoms. The number of benzene rings is 2. The highest BCUT2D eigenvalue weighted by Crippen LogP contribution is 2.31. The van der Waals surface area contributed by atoms with Gasteiger partial charge in [0.15, 0.2) is 9.96 Å². The van der Waals surface area contributed by atoms with Crippen molar-refractivity contribution in [2.24, 2.45) is 0 Å². The fourth-order valence-electron chi connectivity index (χ4n) is 4.25. The van der Waals surface area contributed by atoms with Crippen molar-refractivity contribution >= 4 is 59.4 Å². The number of fused-ring (bicyclic) bond motifs is 1. The fourth-order valence-corrected chi connectivity index (χ4v) is 8.19. The van der Waals surface area contributed by atoms with Crippen LogP contribution in [0.5, 0.6) is 5.75 Å². The number of para-hydroxylation sites is 1. The number of aliphatic hydroxyl groups is 1. The van der Waals surface area contributed by atoms with Gasteiger partial charge in [-0.3, -0.25) is 4.72 Å². The van der Waals surface area contributed by atoms with Crippen LogP contribution in [-0.4, -0.2) is 39.5 Å². The number of aromatic amines is 1. The number of rotatable bonds is 12. The highest BCUT2D eigenvalue weighted by Gasteiger charge is 2.21. The lowest BCUT2D eigenvalue weighted by molar-refractivity contribution is 0.170. The van der Waals surface area contributed by atoms with E-state index >= 15 is 0 Å². The minimum absolute atomic E-state index is 0.0337. The molecule has 0 aliphatic heterocycles. The Morgan fingerprint density at radius 1 is 0.950 bits per heavy atom. The van der Waals surface area contributed by atoms with Crippen LogP contribution in [0.2, 0.25) is 0 Å². The molecule has 40 heavy (non-hydrogen) atoms. The number of thiophene rings is 2. The molecule has 0 radical (unpaired) electrons. The van der Waals surface area contributed by atoms with Crippen molar-refractivity contribution in [3.05, 3.63) is 94.8 Å². The largest absolute Gasteiger partial charge is 0.387 e. The summed E-state index contributed by atoms with van der Waals surface area (Å²) in [6.45, 7) is 2.23. The van der Waals surface area contributed by atoms with Gasteiger partial charge in [0, 0.05) is 29.9 Å². The molecule has 0 saturated carbocycles. The molecule has 0 aliphatic rings. The molecule has 3 aromatic heterocycles. The van der Waals surface area contributed by atoms with E-state index in [1.807, 2.05) is 19.2 Å². The van der Waals surface area contributed by atoms with Crippen molar-refractivity contribution in [2.75, 3.05) is 11.3 Å². The minimum atomic E-state index is -3.92. The lowest BCUT2D eigenvalue weighted by Gasteiger charge is -2.18. The predicted octanol–water partition coefficient (Wildman–Crippen LogP) is 5.11. The van der Waals surface area contributed by atoms with Crippen LogP contribution < -0.4 is 14.2 Å². The van der Waals surface area contributed by atoms with E-state index in [1.165, 1.54) is 12.1 Å². The molecule has 5 aromatic rings. The van der Waals surface area contributed by atoms with Gasteiger partial charge in [0.1, 0.15) is 4.21 Å². The van der Waals surface area contributed by atoms with Gasteiger partial charge in [0.25, 0.3) is 10.0 Å². The van der Waals surface area contributed by atoms with E-state index in [2.05, 4.69) is 15.0 Å². The van der Waals surface area contributed by atoms with Crippen molar-refractivity contribution in [3.63, 3.8) is 0 Å². The Kier molecular flexibility index (Phi) is 8.31. The zero-order valence-corrected chi connectivity index (χ0v) is 24.5. The van der Waals surface area contributed by atoms with Gasteiger partial charge in [0.2, 0.25) is 0 Å². The lowest BCUT2D eigenvalue weighted by atomic mass is 10.0. The molecule has 0 aliphatic carbocycles. The van der Waals surface area contributed by atoms with Crippen LogP contribution >= 0.6 is 22.7 Å². The highest BCUT2D eigenvalue weighted by molar-refractivity contribution is 7.94. The Hall–Kier alpha value is -3.20. The third-order valence-corrected chi connectivity index (χ3v) is 11.5. The third-order valence-electron chi connectivity index (χ3n) is 6.17. The number of nitrogens with one attached hydrogen (secondary N) is 3. The van der Waals surface area contributed by atoms with E-state index in [4.69, 9.17) is 4.18 Å². The van der Waals surface area contributed by atoms with Crippen LogP contribution in [0.25, 0.3) is 10.9 Å². The maximum Gasteiger partial charge on any atom is 0.348 e. The van der Waals surface area contributed by atoms with Crippen LogP contribution in [0.1, 0.15) is 24.2 Å². The molecule has 5 rings (SSSR count). The normalized spacial score (nSPS) is 13.8. The molecule has 0 unspecified atom stereocenters. The van der Waals surface area contributed by atoms with Crippen molar-refractivity contribution in [1.82, 2.24) is 10.3 Å². The number of aliphatic hydroxyl groups excluding tert-OH is 1. The van der Waals surface area contributed by atoms with Gasteiger partial charge >= 0.3 is 10.1 Å². The van der Waals surface area contributed by atoms with Gasteiger partial charge in [-0.2, -0.15) is 8.42 Å². The lowest BCUT2D eigenvalue weighted by Crippen LogP contribution is -2.32. The van der Waals surface area contributed by atoms with Gasteiger partial charge in [0.05, 0.1) is 11.6 Å². The quantitative estimate of drug-likeness (QED) is 0.143. The van der Waals surface area contributed by atoms with E-state index < -0.39 is 26.2 Å². The second-order valence-corrected chi connectivity index (χ2v) is 14.7. The summed E-state index contributed by atoms with van der Waals surface area (Å²) in [6.07, 6.45) is 1.57. The smallest absolute Gasteiger partial charge is 0.348 e. The predicted molar refractivity (Wildman–Crippen MR) is 158 cm³/mol. The van der Waals surface area contributed by atoms with Crippen LogP contribution in [-0.2, 0) is 26.6 Å². The van der Waals surface area contributed by atoms with Gasteiger partial charge in [-0.15, -0.1) is 22.7 Å². The molecular formula is C27H27N3O6S4. The summed E-state index contributed by atoms with van der Waals surface area (Å²) in [7, 11) is -7.61. The van der Waals surface area contributed by atoms with E-state index in [-0.39, 0.29) is 26.8 Å². The molecule has 3 heterocycles. The number of anilines is 1. The van der Waals surface area contributed by atoms with Crippen molar-refractivity contribution in [3.8, 4) is 5.75 Å². The number of H-pyrrole nitrogens is 1. The van der Waals surface area contributed by atoms with Crippen molar-refractivity contribution in [2.45, 2.75) is 33.9 Å². The molecule has 210 valence electrons. The summed E-state index contributed by atoms with van der Waals surface area (Å²) >= 11 is 2.22. The maximum atomic E-state index is 12.6. The average molecular weight is 618 g/mol. The first-order chi connectivity index (χ1) is 19.1. The molecule has 0 fully saturated rings. The molecule has 13 heteroatoms. The topological polar surface area (TPSA) is 138 Å². The van der Waals surface area contributed by atoms with E-state index in [9.17, 15) is 21.9 Å². The van der Waals surface area contributed by atoms with Crippen molar-refractivity contribution in [1.29, 1.82) is 0 Å². The Bertz CT molecular complexity index is 1800. The second kappa shape index (κ2) is 11.7. The maximum absolute atomic E-state index is 12.6. The molecule has 9 nitrogen and oxygen atoms in total. The number of aromatic nitrogens is 1. The first-order valence-corrected chi connectivity index (χ1v) is 16.9. The monoisotopic (exact) mass is 617 g/mol. The summed E-state index contributed by atoms with van der Waals surface area (Å²) in [5, 5.41) is 18.3. The molecule has 0 amide bonds. The Morgan fingerprint density at radius 2 is 1.68 bits per heavy atom. The zero-order chi connectivity index (χ0) is 28.3. The fraction of sp³-hybridized carbons (Fsp3) is 0.185. The number of hydrogen-bond acceptors (Lipinski definition) is 9. The summed E-state index contributed by atoms with van der Waals surface area (Å²) in [5.74, 6) is 0.225. The van der Waals surface area contributed by atoms with Crippen LogP contribution in [0, 0.1) is 0 Å². The average Bonchev–Trinajstić information content (AvgIpc) is 3.70. The zero-order valence-electron chi connectivity index (χ0n) is 21.3. The first kappa shape index (κ1) is 28.3. The number of hydrogen-bond donors (Lipinski definition) is 4. The summed E-state index contributed by atoms with van der Waals surface area (Å²) in [6, 6.07) is 18.3. The molecule has 0 bridgehead atoms. The van der Waals surface area contributed by atoms with E-state index in [0.717, 1.165) is 33.6 Å².